The molecule has 0 aliphatic carbocycles. The molecule has 6 heteroatoms. The van der Waals surface area contributed by atoms with Gasteiger partial charge in [0, 0.05) is 18.1 Å². The van der Waals surface area contributed by atoms with Crippen LogP contribution in [0.3, 0.4) is 0 Å². The van der Waals surface area contributed by atoms with Gasteiger partial charge in [-0.05, 0) is 48.6 Å². The van der Waals surface area contributed by atoms with E-state index in [2.05, 4.69) is 40.5 Å². The lowest BCUT2D eigenvalue weighted by Crippen LogP contribution is -2.14. The number of nitrogens with zero attached hydrogens (tertiary/aromatic N) is 2. The third kappa shape index (κ3) is 4.71. The van der Waals surface area contributed by atoms with Gasteiger partial charge in [-0.1, -0.05) is 38.1 Å². The number of aromatic nitrogens is 2. The molecule has 3 aromatic rings. The van der Waals surface area contributed by atoms with Crippen LogP contribution in [-0.2, 0) is 0 Å². The first-order chi connectivity index (χ1) is 13.9. The van der Waals surface area contributed by atoms with E-state index in [4.69, 9.17) is 4.74 Å². The van der Waals surface area contributed by atoms with Gasteiger partial charge in [-0.3, -0.25) is 4.79 Å². The Labute approximate surface area is 171 Å². The number of methoxy groups -OCH3 is 1. The summed E-state index contributed by atoms with van der Waals surface area (Å²) in [6, 6.07) is 11.8. The Morgan fingerprint density at radius 1 is 1.07 bits per heavy atom. The largest absolute Gasteiger partial charge is 0.495 e. The minimum Gasteiger partial charge on any atom is -0.495 e. The average molecular weight is 390 g/mol. The van der Waals surface area contributed by atoms with Gasteiger partial charge in [-0.2, -0.15) is 0 Å². The summed E-state index contributed by atoms with van der Waals surface area (Å²) < 4.78 is 5.31. The minimum absolute atomic E-state index is 0.292. The van der Waals surface area contributed by atoms with Gasteiger partial charge in [0.2, 0.25) is 5.95 Å². The van der Waals surface area contributed by atoms with Crippen molar-refractivity contribution < 1.29 is 9.53 Å². The third-order valence-corrected chi connectivity index (χ3v) is 4.68. The molecule has 1 aromatic heterocycles. The lowest BCUT2D eigenvalue weighted by Gasteiger charge is -2.16. The molecule has 3 rings (SSSR count). The summed E-state index contributed by atoms with van der Waals surface area (Å²) >= 11 is 0. The molecule has 0 spiro atoms. The summed E-state index contributed by atoms with van der Waals surface area (Å²) in [5, 5.41) is 6.15. The van der Waals surface area contributed by atoms with Gasteiger partial charge >= 0.3 is 0 Å². The van der Waals surface area contributed by atoms with Crippen LogP contribution in [-0.4, -0.2) is 23.0 Å². The molecular weight excluding hydrogens is 364 g/mol. The van der Waals surface area contributed by atoms with Gasteiger partial charge < -0.3 is 15.4 Å². The molecule has 0 radical (unpaired) electrons. The van der Waals surface area contributed by atoms with Gasteiger partial charge in [0.1, 0.15) is 5.75 Å². The summed E-state index contributed by atoms with van der Waals surface area (Å²) in [6.07, 6.45) is 3.03. The highest BCUT2D eigenvalue weighted by atomic mass is 16.5. The van der Waals surface area contributed by atoms with Crippen molar-refractivity contribution in [2.75, 3.05) is 17.7 Å². The van der Waals surface area contributed by atoms with E-state index in [1.807, 2.05) is 44.2 Å². The molecule has 2 N–H and O–H groups in total. The lowest BCUT2D eigenvalue weighted by atomic mass is 9.98. The van der Waals surface area contributed by atoms with Crippen LogP contribution >= 0.6 is 0 Å². The van der Waals surface area contributed by atoms with E-state index in [0.29, 0.717) is 28.9 Å². The fraction of sp³-hybridized carbons (Fsp3) is 0.261. The predicted molar refractivity (Wildman–Crippen MR) is 116 cm³/mol. The molecule has 29 heavy (non-hydrogen) atoms. The first kappa shape index (κ1) is 20.3. The SMILES string of the molecule is COc1ccc(C)cc1NC(=O)c1cnc(Nc2c(C)cccc2C(C)C)nc1. The molecule has 2 aromatic carbocycles. The van der Waals surface area contributed by atoms with Crippen LogP contribution in [0.5, 0.6) is 5.75 Å². The Morgan fingerprint density at radius 2 is 1.79 bits per heavy atom. The zero-order chi connectivity index (χ0) is 21.0. The topological polar surface area (TPSA) is 76.1 Å². The monoisotopic (exact) mass is 390 g/mol. The van der Waals surface area contributed by atoms with Crippen LogP contribution in [0.2, 0.25) is 0 Å². The van der Waals surface area contributed by atoms with Crippen molar-refractivity contribution in [1.82, 2.24) is 9.97 Å². The van der Waals surface area contributed by atoms with Gasteiger partial charge in [-0.15, -0.1) is 0 Å². The molecule has 0 saturated heterocycles. The molecular formula is C23H26N4O2. The smallest absolute Gasteiger partial charge is 0.258 e. The number of nitrogens with one attached hydrogen (secondary N) is 2. The first-order valence-electron chi connectivity index (χ1n) is 9.53. The second kappa shape index (κ2) is 8.73. The Balaban J connectivity index is 1.78. The maximum atomic E-state index is 12.6. The highest BCUT2D eigenvalue weighted by Gasteiger charge is 2.13. The molecule has 0 saturated carbocycles. The van der Waals surface area contributed by atoms with Crippen LogP contribution in [0.4, 0.5) is 17.3 Å². The van der Waals surface area contributed by atoms with Gasteiger partial charge in [-0.25, -0.2) is 9.97 Å². The van der Waals surface area contributed by atoms with Gasteiger partial charge in [0.15, 0.2) is 0 Å². The number of para-hydroxylation sites is 1. The van der Waals surface area contributed by atoms with Crippen molar-refractivity contribution >= 4 is 23.2 Å². The summed E-state index contributed by atoms with van der Waals surface area (Å²) in [5.74, 6) is 1.13. The molecule has 0 bridgehead atoms. The van der Waals surface area contributed by atoms with Crippen molar-refractivity contribution in [3.05, 3.63) is 71.0 Å². The quantitative estimate of drug-likeness (QED) is 0.603. The molecule has 0 fully saturated rings. The normalized spacial score (nSPS) is 10.7. The maximum Gasteiger partial charge on any atom is 0.258 e. The van der Waals surface area contributed by atoms with E-state index in [9.17, 15) is 4.79 Å². The second-order valence-corrected chi connectivity index (χ2v) is 7.27. The van der Waals surface area contributed by atoms with E-state index < -0.39 is 0 Å². The summed E-state index contributed by atoms with van der Waals surface area (Å²) in [7, 11) is 1.57. The number of aryl methyl sites for hydroxylation is 2. The average Bonchev–Trinajstić information content (AvgIpc) is 2.70. The molecule has 0 unspecified atom stereocenters. The van der Waals surface area contributed by atoms with Crippen molar-refractivity contribution in [1.29, 1.82) is 0 Å². The molecule has 1 heterocycles. The first-order valence-corrected chi connectivity index (χ1v) is 9.53. The highest BCUT2D eigenvalue weighted by Crippen LogP contribution is 2.29. The summed E-state index contributed by atoms with van der Waals surface area (Å²) in [5.41, 5.74) is 5.32. The van der Waals surface area contributed by atoms with Gasteiger partial charge in [0.05, 0.1) is 18.4 Å². The molecule has 1 amide bonds. The van der Waals surface area contributed by atoms with Crippen LogP contribution in [0, 0.1) is 13.8 Å². The predicted octanol–water partition coefficient (Wildman–Crippen LogP) is 5.22. The number of benzene rings is 2. The van der Waals surface area contributed by atoms with Crippen molar-refractivity contribution in [3.8, 4) is 5.75 Å². The Bertz CT molecular complexity index is 1010. The van der Waals surface area contributed by atoms with E-state index in [0.717, 1.165) is 16.8 Å². The lowest BCUT2D eigenvalue weighted by molar-refractivity contribution is 0.102. The third-order valence-electron chi connectivity index (χ3n) is 4.68. The summed E-state index contributed by atoms with van der Waals surface area (Å²) in [4.78, 5) is 21.2. The Hall–Kier alpha value is -3.41. The minimum atomic E-state index is -0.292. The number of amides is 1. The van der Waals surface area contributed by atoms with Crippen LogP contribution in [0.25, 0.3) is 0 Å². The number of hydrogen-bond donors (Lipinski definition) is 2. The van der Waals surface area contributed by atoms with Crippen molar-refractivity contribution in [2.45, 2.75) is 33.6 Å². The summed E-state index contributed by atoms with van der Waals surface area (Å²) in [6.45, 7) is 8.29. The van der Waals surface area contributed by atoms with Crippen LogP contribution in [0.15, 0.2) is 48.8 Å². The van der Waals surface area contributed by atoms with E-state index >= 15 is 0 Å². The molecule has 6 nitrogen and oxygen atoms in total. The van der Waals surface area contributed by atoms with Crippen molar-refractivity contribution in [2.24, 2.45) is 0 Å². The fourth-order valence-corrected chi connectivity index (χ4v) is 3.08. The Kier molecular flexibility index (Phi) is 6.12. The van der Waals surface area contributed by atoms with E-state index in [1.165, 1.54) is 18.0 Å². The van der Waals surface area contributed by atoms with E-state index in [1.54, 1.807) is 7.11 Å². The molecule has 0 aliphatic rings. The second-order valence-electron chi connectivity index (χ2n) is 7.27. The molecule has 0 aliphatic heterocycles. The fourth-order valence-electron chi connectivity index (χ4n) is 3.08. The number of hydrogen-bond acceptors (Lipinski definition) is 5. The van der Waals surface area contributed by atoms with Gasteiger partial charge in [0.25, 0.3) is 5.91 Å². The van der Waals surface area contributed by atoms with Crippen LogP contribution in [0.1, 0.15) is 46.8 Å². The molecule has 150 valence electrons. The zero-order valence-corrected chi connectivity index (χ0v) is 17.4. The standard InChI is InChI=1S/C23H26N4O2/c1-14(2)18-8-6-7-16(4)21(18)27-23-24-12-17(13-25-23)22(28)26-19-11-15(3)9-10-20(19)29-5/h6-14H,1-5H3,(H,26,28)(H,24,25,27). The number of carbonyl (C=O) groups excluding carboxylic acids is 1. The maximum absolute atomic E-state index is 12.6. The number of carbonyl (C=O) groups is 1. The molecule has 0 atom stereocenters. The number of rotatable bonds is 6. The zero-order valence-electron chi connectivity index (χ0n) is 17.4. The highest BCUT2D eigenvalue weighted by molar-refractivity contribution is 6.04. The Morgan fingerprint density at radius 3 is 2.45 bits per heavy atom. The number of anilines is 3. The van der Waals surface area contributed by atoms with Crippen LogP contribution < -0.4 is 15.4 Å². The number of ether oxygens (including phenoxy) is 1. The van der Waals surface area contributed by atoms with Crippen molar-refractivity contribution in [3.63, 3.8) is 0 Å². The van der Waals surface area contributed by atoms with E-state index in [-0.39, 0.29) is 5.91 Å².